The molecule has 9 heteroatoms. The highest BCUT2D eigenvalue weighted by Gasteiger charge is 2.51. The van der Waals surface area contributed by atoms with E-state index in [1.807, 2.05) is 51.8 Å². The van der Waals surface area contributed by atoms with Gasteiger partial charge in [-0.15, -0.1) is 10.2 Å². The van der Waals surface area contributed by atoms with Crippen molar-refractivity contribution in [1.29, 1.82) is 0 Å². The molecule has 222 valence electrons. The van der Waals surface area contributed by atoms with Crippen molar-refractivity contribution >= 4 is 29.4 Å². The fraction of sp³-hybridized carbons (Fsp3) is 0.222. The van der Waals surface area contributed by atoms with E-state index < -0.39 is 18.3 Å². The van der Waals surface area contributed by atoms with Gasteiger partial charge in [0, 0.05) is 34.6 Å². The lowest BCUT2D eigenvalue weighted by Gasteiger charge is -2.32. The number of fused-ring (bicyclic) bond motifs is 2. The van der Waals surface area contributed by atoms with Crippen LogP contribution in [0.5, 0.6) is 0 Å². The molecule has 2 aliphatic rings. The highest BCUT2D eigenvalue weighted by molar-refractivity contribution is 6.62. The Morgan fingerprint density at radius 2 is 1.29 bits per heavy atom. The molecule has 5 heterocycles. The number of benzene rings is 2. The Balaban J connectivity index is 1.29. The van der Waals surface area contributed by atoms with E-state index in [0.717, 1.165) is 57.4 Å². The van der Waals surface area contributed by atoms with Gasteiger partial charge in [-0.2, -0.15) is 0 Å². The van der Waals surface area contributed by atoms with Crippen molar-refractivity contribution in [3.05, 3.63) is 109 Å². The second kappa shape index (κ2) is 10.4. The molecule has 1 fully saturated rings. The molecule has 0 amide bonds. The predicted molar refractivity (Wildman–Crippen MR) is 178 cm³/mol. The molecule has 0 atom stereocenters. The van der Waals surface area contributed by atoms with Crippen molar-refractivity contribution in [3.63, 3.8) is 0 Å². The van der Waals surface area contributed by atoms with Gasteiger partial charge >= 0.3 is 7.12 Å². The largest absolute Gasteiger partial charge is 0.494 e. The normalized spacial score (nSPS) is 17.3. The third-order valence-electron chi connectivity index (χ3n) is 9.17. The topological polar surface area (TPSA) is 78.8 Å². The molecular formula is C36H33BN6O2. The van der Waals surface area contributed by atoms with E-state index in [2.05, 4.69) is 88.4 Å². The second-order valence-corrected chi connectivity index (χ2v) is 12.7. The minimum absolute atomic E-state index is 0.488. The van der Waals surface area contributed by atoms with Crippen LogP contribution in [0.2, 0.25) is 0 Å². The Morgan fingerprint density at radius 1 is 0.689 bits per heavy atom. The predicted octanol–water partition coefficient (Wildman–Crippen LogP) is 6.81. The lowest BCUT2D eigenvalue weighted by Crippen LogP contribution is -2.41. The molecule has 0 N–H and O–H groups in total. The van der Waals surface area contributed by atoms with Crippen molar-refractivity contribution in [2.24, 2.45) is 0 Å². The molecule has 8 nitrogen and oxygen atoms in total. The van der Waals surface area contributed by atoms with Crippen LogP contribution >= 0.6 is 0 Å². The van der Waals surface area contributed by atoms with Gasteiger partial charge in [0.25, 0.3) is 0 Å². The maximum atomic E-state index is 6.50. The molecule has 0 spiro atoms. The van der Waals surface area contributed by atoms with Crippen molar-refractivity contribution in [2.45, 2.75) is 51.7 Å². The molecule has 1 saturated heterocycles. The molecular weight excluding hydrogens is 559 g/mol. The van der Waals surface area contributed by atoms with Crippen molar-refractivity contribution in [1.82, 2.24) is 29.2 Å². The van der Waals surface area contributed by atoms with Gasteiger partial charge in [0.05, 0.1) is 11.2 Å². The average molecular weight is 593 g/mol. The van der Waals surface area contributed by atoms with Crippen molar-refractivity contribution < 1.29 is 9.31 Å². The monoisotopic (exact) mass is 592 g/mol. The first kappa shape index (κ1) is 27.7. The van der Waals surface area contributed by atoms with Crippen LogP contribution in [-0.2, 0) is 9.31 Å². The summed E-state index contributed by atoms with van der Waals surface area (Å²) in [7, 11) is -0.572. The summed E-state index contributed by atoms with van der Waals surface area (Å²) in [6.07, 6.45) is 12.3. The van der Waals surface area contributed by atoms with Gasteiger partial charge < -0.3 is 9.31 Å². The standard InChI is InChI=1S/C36H33BN6O2/c1-35(2)36(3,4)45-37(44-35)28-22-26(31-38-33-29(17-11-19-42(33)40-31)24-13-7-5-8-14-24)21-27(23-28)32-39-34-30(18-12-20-43(34)41-32)25-15-9-6-10-16-25/h5-9,11-15,17-23H,10,16H2,1-4H3. The molecule has 0 bridgehead atoms. The molecule has 1 aliphatic carbocycles. The zero-order valence-corrected chi connectivity index (χ0v) is 25.8. The molecule has 4 aromatic heterocycles. The van der Waals surface area contributed by atoms with E-state index in [1.165, 1.54) is 5.57 Å². The number of hydrogen-bond donors (Lipinski definition) is 0. The molecule has 8 rings (SSSR count). The van der Waals surface area contributed by atoms with Gasteiger partial charge in [-0.05, 0) is 87.5 Å². The first-order valence-corrected chi connectivity index (χ1v) is 15.4. The number of rotatable bonds is 5. The Morgan fingerprint density at radius 3 is 1.89 bits per heavy atom. The molecule has 0 unspecified atom stereocenters. The maximum Gasteiger partial charge on any atom is 0.494 e. The van der Waals surface area contributed by atoms with Gasteiger partial charge in [0.15, 0.2) is 22.9 Å². The Hall–Kier alpha value is -4.86. The van der Waals surface area contributed by atoms with Crippen LogP contribution in [0.1, 0.15) is 46.1 Å². The third kappa shape index (κ3) is 4.79. The number of aromatic nitrogens is 6. The van der Waals surface area contributed by atoms with Gasteiger partial charge in [0.1, 0.15) is 0 Å². The lowest BCUT2D eigenvalue weighted by molar-refractivity contribution is 0.00578. The summed E-state index contributed by atoms with van der Waals surface area (Å²) in [5, 5.41) is 9.84. The van der Waals surface area contributed by atoms with Crippen LogP contribution in [-0.4, -0.2) is 47.5 Å². The van der Waals surface area contributed by atoms with Crippen LogP contribution in [0.25, 0.3) is 50.8 Å². The van der Waals surface area contributed by atoms with Gasteiger partial charge in [-0.25, -0.2) is 19.0 Å². The summed E-state index contributed by atoms with van der Waals surface area (Å²) in [4.78, 5) is 10.1. The third-order valence-corrected chi connectivity index (χ3v) is 9.17. The summed E-state index contributed by atoms with van der Waals surface area (Å²) >= 11 is 0. The molecule has 0 radical (unpaired) electrons. The van der Waals surface area contributed by atoms with Crippen LogP contribution in [0.4, 0.5) is 0 Å². The number of pyridine rings is 2. The fourth-order valence-corrected chi connectivity index (χ4v) is 6.00. The minimum Gasteiger partial charge on any atom is -0.399 e. The first-order valence-electron chi connectivity index (χ1n) is 15.4. The van der Waals surface area contributed by atoms with Crippen LogP contribution in [0.3, 0.4) is 0 Å². The van der Waals surface area contributed by atoms with Gasteiger partial charge in [-0.3, -0.25) is 0 Å². The van der Waals surface area contributed by atoms with Crippen LogP contribution in [0.15, 0.2) is 103 Å². The molecule has 45 heavy (non-hydrogen) atoms. The smallest absolute Gasteiger partial charge is 0.399 e. The van der Waals surface area contributed by atoms with E-state index in [4.69, 9.17) is 29.5 Å². The van der Waals surface area contributed by atoms with E-state index >= 15 is 0 Å². The number of nitrogens with zero attached hydrogens (tertiary/aromatic N) is 6. The summed E-state index contributed by atoms with van der Waals surface area (Å²) < 4.78 is 16.7. The van der Waals surface area contributed by atoms with Crippen molar-refractivity contribution in [2.75, 3.05) is 0 Å². The lowest BCUT2D eigenvalue weighted by atomic mass is 9.77. The average Bonchev–Trinajstić information content (AvgIpc) is 3.75. The van der Waals surface area contributed by atoms with E-state index in [9.17, 15) is 0 Å². The Labute approximate surface area is 262 Å². The van der Waals surface area contributed by atoms with Gasteiger partial charge in [-0.1, -0.05) is 60.7 Å². The second-order valence-electron chi connectivity index (χ2n) is 12.7. The minimum atomic E-state index is -0.572. The van der Waals surface area contributed by atoms with Gasteiger partial charge in [0.2, 0.25) is 0 Å². The SMILES string of the molecule is CC1(C)OB(c2cc(-c3nc4c(C5=CC=CCC5)cccn4n3)cc(-c3nc4c(-c5ccccc5)cccn4n3)c2)OC1(C)C. The molecule has 0 saturated carbocycles. The fourth-order valence-electron chi connectivity index (χ4n) is 6.00. The van der Waals surface area contributed by atoms with Crippen LogP contribution in [0, 0.1) is 0 Å². The Bertz CT molecular complexity index is 2130. The number of hydrogen-bond acceptors (Lipinski definition) is 6. The highest BCUT2D eigenvalue weighted by atomic mass is 16.7. The summed E-state index contributed by atoms with van der Waals surface area (Å²) in [5.41, 5.74) is 7.63. The highest BCUT2D eigenvalue weighted by Crippen LogP contribution is 2.37. The molecule has 6 aromatic rings. The Kier molecular flexibility index (Phi) is 6.37. The van der Waals surface area contributed by atoms with E-state index in [0.29, 0.717) is 11.6 Å². The zero-order chi connectivity index (χ0) is 30.8. The molecule has 2 aromatic carbocycles. The van der Waals surface area contributed by atoms with E-state index in [-0.39, 0.29) is 0 Å². The van der Waals surface area contributed by atoms with E-state index in [1.54, 1.807) is 0 Å². The van der Waals surface area contributed by atoms with Crippen LogP contribution < -0.4 is 5.46 Å². The summed E-state index contributed by atoms with van der Waals surface area (Å²) in [5.74, 6) is 1.21. The quantitative estimate of drug-likeness (QED) is 0.205. The summed E-state index contributed by atoms with van der Waals surface area (Å²) in [6.45, 7) is 8.25. The van der Waals surface area contributed by atoms with Crippen molar-refractivity contribution in [3.8, 4) is 33.9 Å². The maximum absolute atomic E-state index is 6.50. The first-order chi connectivity index (χ1) is 21.8. The number of allylic oxidation sites excluding steroid dienone is 4. The zero-order valence-electron chi connectivity index (χ0n) is 25.8. The molecule has 1 aliphatic heterocycles. The summed E-state index contributed by atoms with van der Waals surface area (Å²) in [6, 6.07) is 24.7.